The van der Waals surface area contributed by atoms with Gasteiger partial charge in [0, 0.05) is 37.7 Å². The van der Waals surface area contributed by atoms with Gasteiger partial charge < -0.3 is 19.9 Å². The number of rotatable bonds is 8. The fourth-order valence-corrected chi connectivity index (χ4v) is 3.30. The minimum Gasteiger partial charge on any atom is -0.376 e. The third-order valence-electron chi connectivity index (χ3n) is 4.92. The summed E-state index contributed by atoms with van der Waals surface area (Å²) in [5, 5.41) is 14.5. The highest BCUT2D eigenvalue weighted by Gasteiger charge is 2.17. The number of hydrogen-bond donors (Lipinski definition) is 2. The molecular weight excluding hydrogens is 505 g/mol. The molecule has 2 heterocycles. The lowest BCUT2D eigenvalue weighted by atomic mass is 10.1. The summed E-state index contributed by atoms with van der Waals surface area (Å²) >= 11 is 0. The molecule has 10 heteroatoms. The zero-order valence-corrected chi connectivity index (χ0v) is 19.6. The van der Waals surface area contributed by atoms with Crippen LogP contribution in [-0.4, -0.2) is 46.5 Å². The number of benzene rings is 1. The molecule has 0 spiro atoms. The molecule has 166 valence electrons. The molecule has 0 saturated carbocycles. The minimum atomic E-state index is -0.593. The first-order chi connectivity index (χ1) is 14.1. The Labute approximate surface area is 192 Å². The van der Waals surface area contributed by atoms with Crippen LogP contribution in [0.3, 0.4) is 0 Å². The maximum absolute atomic E-state index is 14.1. The standard InChI is InChI=1S/C20H28F2N6O.HI/c1-3-19-27-25-13-28(19)9-8-23-20(24-12-16-5-4-10-29-16)26-14(2)17-7-6-15(21)11-18(17)22;/h6-7,11,13-14,16H,3-5,8-10,12H2,1-2H3,(H2,23,24,26);1H. The van der Waals surface area contributed by atoms with E-state index in [0.29, 0.717) is 31.2 Å². The largest absolute Gasteiger partial charge is 0.376 e. The Morgan fingerprint density at radius 3 is 2.93 bits per heavy atom. The topological polar surface area (TPSA) is 76.4 Å². The second-order valence-corrected chi connectivity index (χ2v) is 7.08. The predicted octanol–water partition coefficient (Wildman–Crippen LogP) is 3.21. The first-order valence-corrected chi connectivity index (χ1v) is 10.0. The average molecular weight is 534 g/mol. The quantitative estimate of drug-likeness (QED) is 0.309. The van der Waals surface area contributed by atoms with Crippen LogP contribution in [-0.2, 0) is 17.7 Å². The minimum absolute atomic E-state index is 0. The molecule has 3 rings (SSSR count). The van der Waals surface area contributed by atoms with Gasteiger partial charge in [-0.3, -0.25) is 4.99 Å². The van der Waals surface area contributed by atoms with Gasteiger partial charge in [0.2, 0.25) is 0 Å². The van der Waals surface area contributed by atoms with Crippen LogP contribution in [0.15, 0.2) is 29.5 Å². The molecule has 2 N–H and O–H groups in total. The molecule has 1 saturated heterocycles. The zero-order valence-electron chi connectivity index (χ0n) is 17.3. The van der Waals surface area contributed by atoms with Crippen LogP contribution in [0.5, 0.6) is 0 Å². The van der Waals surface area contributed by atoms with E-state index in [2.05, 4.69) is 25.8 Å². The molecule has 1 aromatic heterocycles. The Kier molecular flexibility index (Phi) is 9.89. The number of nitrogens with zero attached hydrogens (tertiary/aromatic N) is 4. The summed E-state index contributed by atoms with van der Waals surface area (Å²) in [4.78, 5) is 4.61. The van der Waals surface area contributed by atoms with Crippen LogP contribution in [0.4, 0.5) is 8.78 Å². The summed E-state index contributed by atoms with van der Waals surface area (Å²) in [5.41, 5.74) is 0.380. The number of nitrogens with one attached hydrogen (secondary N) is 2. The Bertz CT molecular complexity index is 825. The van der Waals surface area contributed by atoms with Crippen molar-refractivity contribution in [2.45, 2.75) is 51.8 Å². The van der Waals surface area contributed by atoms with Gasteiger partial charge in [-0.15, -0.1) is 34.2 Å². The molecule has 1 fully saturated rings. The van der Waals surface area contributed by atoms with Crippen LogP contribution in [0.25, 0.3) is 0 Å². The van der Waals surface area contributed by atoms with E-state index in [-0.39, 0.29) is 36.1 Å². The number of guanidine groups is 1. The van der Waals surface area contributed by atoms with Gasteiger partial charge in [-0.05, 0) is 25.8 Å². The van der Waals surface area contributed by atoms with Crippen molar-refractivity contribution in [3.63, 3.8) is 0 Å². The number of halogens is 3. The molecule has 2 atom stereocenters. The predicted molar refractivity (Wildman–Crippen MR) is 122 cm³/mol. The van der Waals surface area contributed by atoms with Crippen LogP contribution in [0, 0.1) is 11.6 Å². The summed E-state index contributed by atoms with van der Waals surface area (Å²) < 4.78 is 34.9. The second kappa shape index (κ2) is 12.1. The van der Waals surface area contributed by atoms with Gasteiger partial charge in [0.1, 0.15) is 23.8 Å². The van der Waals surface area contributed by atoms with Gasteiger partial charge in [-0.1, -0.05) is 13.0 Å². The van der Waals surface area contributed by atoms with Gasteiger partial charge >= 0.3 is 0 Å². The Morgan fingerprint density at radius 2 is 2.23 bits per heavy atom. The highest BCUT2D eigenvalue weighted by Crippen LogP contribution is 2.18. The number of aryl methyl sites for hydroxylation is 1. The van der Waals surface area contributed by atoms with Crippen molar-refractivity contribution in [2.75, 3.05) is 19.7 Å². The molecule has 1 aliphatic heterocycles. The first kappa shape index (κ1) is 24.4. The van der Waals surface area contributed by atoms with Crippen molar-refractivity contribution in [3.8, 4) is 0 Å². The molecule has 7 nitrogen and oxygen atoms in total. The molecule has 0 radical (unpaired) electrons. The van der Waals surface area contributed by atoms with Crippen molar-refractivity contribution in [2.24, 2.45) is 4.99 Å². The van der Waals surface area contributed by atoms with E-state index in [1.54, 1.807) is 6.33 Å². The average Bonchev–Trinajstić information content (AvgIpc) is 3.37. The molecule has 0 bridgehead atoms. The second-order valence-electron chi connectivity index (χ2n) is 7.08. The van der Waals surface area contributed by atoms with E-state index in [1.165, 1.54) is 12.1 Å². The highest BCUT2D eigenvalue weighted by atomic mass is 127. The first-order valence-electron chi connectivity index (χ1n) is 10.0. The summed E-state index contributed by atoms with van der Waals surface area (Å²) in [6.45, 7) is 6.41. The van der Waals surface area contributed by atoms with Gasteiger partial charge in [0.05, 0.1) is 18.7 Å². The highest BCUT2D eigenvalue weighted by molar-refractivity contribution is 14.0. The van der Waals surface area contributed by atoms with Gasteiger partial charge in [-0.25, -0.2) is 8.78 Å². The summed E-state index contributed by atoms with van der Waals surface area (Å²) in [5.74, 6) is 0.298. The maximum Gasteiger partial charge on any atom is 0.191 e. The lowest BCUT2D eigenvalue weighted by Gasteiger charge is -2.20. The van der Waals surface area contributed by atoms with E-state index in [9.17, 15) is 8.78 Å². The van der Waals surface area contributed by atoms with Crippen LogP contribution < -0.4 is 10.6 Å². The SMILES string of the molecule is CCc1nncn1CCNC(=NCC1CCCO1)NC(C)c1ccc(F)cc1F.I. The Morgan fingerprint density at radius 1 is 1.40 bits per heavy atom. The lowest BCUT2D eigenvalue weighted by Crippen LogP contribution is -2.41. The zero-order chi connectivity index (χ0) is 20.6. The van der Waals surface area contributed by atoms with Gasteiger partial charge in [0.15, 0.2) is 5.96 Å². The fourth-order valence-electron chi connectivity index (χ4n) is 3.30. The molecule has 2 aromatic rings. The molecule has 0 amide bonds. The van der Waals surface area contributed by atoms with Gasteiger partial charge in [-0.2, -0.15) is 0 Å². The van der Waals surface area contributed by atoms with Crippen molar-refractivity contribution >= 4 is 29.9 Å². The van der Waals surface area contributed by atoms with E-state index in [1.807, 2.05) is 18.4 Å². The summed E-state index contributed by atoms with van der Waals surface area (Å²) in [6.07, 6.45) is 4.64. The third-order valence-corrected chi connectivity index (χ3v) is 4.92. The smallest absolute Gasteiger partial charge is 0.191 e. The monoisotopic (exact) mass is 534 g/mol. The summed E-state index contributed by atoms with van der Waals surface area (Å²) in [7, 11) is 0. The Hall–Kier alpha value is -1.82. The maximum atomic E-state index is 14.1. The van der Waals surface area contributed by atoms with Crippen molar-refractivity contribution in [1.29, 1.82) is 0 Å². The lowest BCUT2D eigenvalue weighted by molar-refractivity contribution is 0.117. The van der Waals surface area contributed by atoms with E-state index in [0.717, 1.165) is 37.8 Å². The van der Waals surface area contributed by atoms with Crippen molar-refractivity contribution in [3.05, 3.63) is 47.5 Å². The van der Waals surface area contributed by atoms with Crippen LogP contribution in [0.2, 0.25) is 0 Å². The van der Waals surface area contributed by atoms with E-state index < -0.39 is 11.6 Å². The third kappa shape index (κ3) is 6.86. The molecule has 30 heavy (non-hydrogen) atoms. The van der Waals surface area contributed by atoms with Crippen molar-refractivity contribution in [1.82, 2.24) is 25.4 Å². The fraction of sp³-hybridized carbons (Fsp3) is 0.550. The molecule has 1 aromatic carbocycles. The van der Waals surface area contributed by atoms with E-state index in [4.69, 9.17) is 4.74 Å². The van der Waals surface area contributed by atoms with E-state index >= 15 is 0 Å². The molecular formula is C20H29F2IN6O. The summed E-state index contributed by atoms with van der Waals surface area (Å²) in [6, 6.07) is 3.21. The Balaban J connectivity index is 0.00000320. The number of aliphatic imine (C=N–C) groups is 1. The number of ether oxygens (including phenoxy) is 1. The molecule has 0 aliphatic carbocycles. The van der Waals surface area contributed by atoms with Gasteiger partial charge in [0.25, 0.3) is 0 Å². The molecule has 1 aliphatic rings. The number of aromatic nitrogens is 3. The molecule has 2 unspecified atom stereocenters. The van der Waals surface area contributed by atoms with Crippen molar-refractivity contribution < 1.29 is 13.5 Å². The number of hydrogen-bond acceptors (Lipinski definition) is 4. The van der Waals surface area contributed by atoms with Crippen LogP contribution in [0.1, 0.15) is 44.1 Å². The normalized spacial score (nSPS) is 17.5. The van der Waals surface area contributed by atoms with Crippen LogP contribution >= 0.6 is 24.0 Å².